The standard InChI is InChI=1S/C13H24N2O2/c1-12(2)8-4-5-13(3,6-8)11(12)15-7-9(14)10(16)17/h8-9,11,15H,4-7,14H2,1-3H3,(H,16,17). The summed E-state index contributed by atoms with van der Waals surface area (Å²) in [5.41, 5.74) is 6.14. The number of carboxylic acids is 1. The third-order valence-corrected chi connectivity index (χ3v) is 5.13. The van der Waals surface area contributed by atoms with Crippen LogP contribution in [0.15, 0.2) is 0 Å². The van der Waals surface area contributed by atoms with Gasteiger partial charge in [-0.05, 0) is 36.0 Å². The summed E-state index contributed by atoms with van der Waals surface area (Å²) in [5.74, 6) is -0.158. The molecule has 4 N–H and O–H groups in total. The zero-order valence-corrected chi connectivity index (χ0v) is 11.0. The average Bonchev–Trinajstić information content (AvgIpc) is 2.68. The van der Waals surface area contributed by atoms with Crippen molar-refractivity contribution in [2.75, 3.05) is 6.54 Å². The number of aliphatic carboxylic acids is 1. The molecule has 4 heteroatoms. The molecular weight excluding hydrogens is 216 g/mol. The molecule has 4 atom stereocenters. The first-order valence-corrected chi connectivity index (χ1v) is 6.49. The number of fused-ring (bicyclic) bond motifs is 2. The molecule has 2 rings (SSSR count). The second kappa shape index (κ2) is 3.95. The molecule has 2 aliphatic rings. The number of carboxylic acid groups (broad SMARTS) is 1. The van der Waals surface area contributed by atoms with Crippen molar-refractivity contribution in [3.8, 4) is 0 Å². The van der Waals surface area contributed by atoms with E-state index in [1.807, 2.05) is 0 Å². The zero-order chi connectivity index (χ0) is 12.8. The lowest BCUT2D eigenvalue weighted by Gasteiger charge is -2.43. The van der Waals surface area contributed by atoms with Crippen molar-refractivity contribution in [2.24, 2.45) is 22.5 Å². The van der Waals surface area contributed by atoms with Gasteiger partial charge in [-0.2, -0.15) is 0 Å². The maximum atomic E-state index is 10.7. The summed E-state index contributed by atoms with van der Waals surface area (Å²) >= 11 is 0. The Kier molecular flexibility index (Phi) is 2.99. The molecule has 0 saturated heterocycles. The highest BCUT2D eigenvalue weighted by molar-refractivity contribution is 5.73. The highest BCUT2D eigenvalue weighted by Crippen LogP contribution is 2.62. The molecule has 2 fully saturated rings. The van der Waals surface area contributed by atoms with Gasteiger partial charge in [-0.3, -0.25) is 4.79 Å². The second-order valence-corrected chi connectivity index (χ2v) is 6.70. The van der Waals surface area contributed by atoms with Crippen LogP contribution in [0.3, 0.4) is 0 Å². The Bertz CT molecular complexity index is 325. The second-order valence-electron chi connectivity index (χ2n) is 6.70. The largest absolute Gasteiger partial charge is 0.480 e. The lowest BCUT2D eigenvalue weighted by molar-refractivity contribution is -0.138. The van der Waals surface area contributed by atoms with Crippen molar-refractivity contribution >= 4 is 5.97 Å². The molecule has 0 radical (unpaired) electrons. The van der Waals surface area contributed by atoms with Crippen molar-refractivity contribution in [2.45, 2.75) is 52.1 Å². The van der Waals surface area contributed by atoms with Crippen molar-refractivity contribution < 1.29 is 9.90 Å². The molecule has 0 aromatic rings. The van der Waals surface area contributed by atoms with E-state index < -0.39 is 12.0 Å². The minimum absolute atomic E-state index is 0.255. The number of rotatable bonds is 4. The van der Waals surface area contributed by atoms with Crippen LogP contribution in [0.5, 0.6) is 0 Å². The summed E-state index contributed by atoms with van der Waals surface area (Å²) in [6.45, 7) is 7.29. The summed E-state index contributed by atoms with van der Waals surface area (Å²) in [6.07, 6.45) is 3.83. The predicted molar refractivity (Wildman–Crippen MR) is 66.6 cm³/mol. The van der Waals surface area contributed by atoms with Gasteiger partial charge < -0.3 is 16.2 Å². The van der Waals surface area contributed by atoms with Crippen LogP contribution >= 0.6 is 0 Å². The van der Waals surface area contributed by atoms with Gasteiger partial charge in [0, 0.05) is 12.6 Å². The molecule has 4 nitrogen and oxygen atoms in total. The van der Waals surface area contributed by atoms with E-state index in [2.05, 4.69) is 26.1 Å². The number of hydrogen-bond donors (Lipinski definition) is 3. The highest BCUT2D eigenvalue weighted by Gasteiger charge is 2.58. The van der Waals surface area contributed by atoms with Gasteiger partial charge in [0.2, 0.25) is 0 Å². The summed E-state index contributed by atoms with van der Waals surface area (Å²) in [7, 11) is 0. The third-order valence-electron chi connectivity index (χ3n) is 5.13. The van der Waals surface area contributed by atoms with E-state index in [0.29, 0.717) is 18.0 Å². The van der Waals surface area contributed by atoms with Gasteiger partial charge in [-0.25, -0.2) is 0 Å². The minimum atomic E-state index is -0.927. The Labute approximate surface area is 103 Å². The van der Waals surface area contributed by atoms with Gasteiger partial charge in [0.15, 0.2) is 0 Å². The third kappa shape index (κ3) is 1.97. The molecular formula is C13H24N2O2. The summed E-state index contributed by atoms with van der Waals surface area (Å²) in [4.78, 5) is 10.7. The van der Waals surface area contributed by atoms with E-state index in [0.717, 1.165) is 5.92 Å². The van der Waals surface area contributed by atoms with Crippen LogP contribution < -0.4 is 11.1 Å². The minimum Gasteiger partial charge on any atom is -0.480 e. The Hall–Kier alpha value is -0.610. The highest BCUT2D eigenvalue weighted by atomic mass is 16.4. The molecule has 98 valence electrons. The molecule has 0 aromatic heterocycles. The molecule has 0 aliphatic heterocycles. The fourth-order valence-corrected chi connectivity index (χ4v) is 4.14. The topological polar surface area (TPSA) is 75.3 Å². The monoisotopic (exact) mass is 240 g/mol. The Morgan fingerprint density at radius 3 is 2.65 bits per heavy atom. The van der Waals surface area contributed by atoms with E-state index in [9.17, 15) is 4.79 Å². The van der Waals surface area contributed by atoms with Gasteiger partial charge in [0.05, 0.1) is 0 Å². The van der Waals surface area contributed by atoms with Crippen LogP contribution in [-0.2, 0) is 4.79 Å². The maximum absolute atomic E-state index is 10.7. The zero-order valence-electron chi connectivity index (χ0n) is 11.0. The van der Waals surface area contributed by atoms with Gasteiger partial charge in [-0.1, -0.05) is 20.8 Å². The predicted octanol–water partition coefficient (Wildman–Crippen LogP) is 1.20. The normalized spacial score (nSPS) is 40.5. The summed E-state index contributed by atoms with van der Waals surface area (Å²) in [6, 6.07) is -0.410. The Morgan fingerprint density at radius 2 is 2.18 bits per heavy atom. The fraction of sp³-hybridized carbons (Fsp3) is 0.923. The van der Waals surface area contributed by atoms with Gasteiger partial charge in [0.25, 0.3) is 0 Å². The van der Waals surface area contributed by atoms with E-state index in [4.69, 9.17) is 10.8 Å². The molecule has 2 saturated carbocycles. The van der Waals surface area contributed by atoms with Crippen molar-refractivity contribution in [1.82, 2.24) is 5.32 Å². The van der Waals surface area contributed by atoms with Crippen LogP contribution in [0.1, 0.15) is 40.0 Å². The average molecular weight is 240 g/mol. The smallest absolute Gasteiger partial charge is 0.321 e. The first kappa shape index (κ1) is 12.8. The number of hydrogen-bond acceptors (Lipinski definition) is 3. The van der Waals surface area contributed by atoms with Crippen LogP contribution in [0.2, 0.25) is 0 Å². The number of nitrogens with two attached hydrogens (primary N) is 1. The van der Waals surface area contributed by atoms with Crippen LogP contribution in [-0.4, -0.2) is 29.7 Å². The fourth-order valence-electron chi connectivity index (χ4n) is 4.14. The van der Waals surface area contributed by atoms with Gasteiger partial charge >= 0.3 is 5.97 Å². The van der Waals surface area contributed by atoms with E-state index in [1.165, 1.54) is 19.3 Å². The van der Waals surface area contributed by atoms with Crippen molar-refractivity contribution in [1.29, 1.82) is 0 Å². The lowest BCUT2D eigenvalue weighted by Crippen LogP contribution is -2.54. The maximum Gasteiger partial charge on any atom is 0.321 e. The number of nitrogens with one attached hydrogen (secondary N) is 1. The molecule has 2 aliphatic carbocycles. The van der Waals surface area contributed by atoms with E-state index in [-0.39, 0.29) is 5.41 Å². The van der Waals surface area contributed by atoms with Crippen LogP contribution in [0, 0.1) is 16.7 Å². The molecule has 2 bridgehead atoms. The van der Waals surface area contributed by atoms with Crippen molar-refractivity contribution in [3.05, 3.63) is 0 Å². The Morgan fingerprint density at radius 1 is 1.53 bits per heavy atom. The quantitative estimate of drug-likeness (QED) is 0.690. The Balaban J connectivity index is 2.03. The van der Waals surface area contributed by atoms with Crippen LogP contribution in [0.25, 0.3) is 0 Å². The van der Waals surface area contributed by atoms with Gasteiger partial charge in [-0.15, -0.1) is 0 Å². The van der Waals surface area contributed by atoms with Crippen LogP contribution in [0.4, 0.5) is 0 Å². The number of carbonyl (C=O) groups is 1. The molecule has 4 unspecified atom stereocenters. The van der Waals surface area contributed by atoms with E-state index >= 15 is 0 Å². The van der Waals surface area contributed by atoms with Gasteiger partial charge in [0.1, 0.15) is 6.04 Å². The SMILES string of the molecule is CC12CCC(C1)C(C)(C)C2NCC(N)C(=O)O. The molecule has 0 amide bonds. The first-order chi connectivity index (χ1) is 7.77. The van der Waals surface area contributed by atoms with E-state index in [1.54, 1.807) is 0 Å². The van der Waals surface area contributed by atoms with Crippen molar-refractivity contribution in [3.63, 3.8) is 0 Å². The lowest BCUT2D eigenvalue weighted by atomic mass is 9.68. The summed E-state index contributed by atoms with van der Waals surface area (Å²) in [5, 5.41) is 12.2. The first-order valence-electron chi connectivity index (χ1n) is 6.49. The molecule has 17 heavy (non-hydrogen) atoms. The molecule has 0 spiro atoms. The molecule has 0 heterocycles. The summed E-state index contributed by atoms with van der Waals surface area (Å²) < 4.78 is 0. The molecule has 0 aromatic carbocycles.